The molecule has 1 heterocycles. The molecule has 0 unspecified atom stereocenters. The number of imide groups is 2. The monoisotopic (exact) mass is 354 g/mol. The molecule has 0 saturated carbocycles. The molecule has 25 heavy (non-hydrogen) atoms. The molecule has 4 amide bonds. The molecule has 0 radical (unpaired) electrons. The van der Waals surface area contributed by atoms with Gasteiger partial charge in [0.1, 0.15) is 6.67 Å². The number of methoxy groups -OCH3 is 2. The van der Waals surface area contributed by atoms with Gasteiger partial charge in [-0.25, -0.2) is 0 Å². The lowest BCUT2D eigenvalue weighted by Gasteiger charge is -2.25. The second kappa shape index (κ2) is 11.5. The van der Waals surface area contributed by atoms with Crippen LogP contribution in [0.3, 0.4) is 0 Å². The summed E-state index contributed by atoms with van der Waals surface area (Å²) < 4.78 is 9.87. The van der Waals surface area contributed by atoms with Gasteiger partial charge in [0.2, 0.25) is 11.8 Å². The molecule has 0 aromatic carbocycles. The molecular formula is C17H26N2O6. The highest BCUT2D eigenvalue weighted by atomic mass is 16.5. The number of ether oxygens (including phenoxy) is 2. The minimum absolute atomic E-state index is 0.164. The molecule has 0 spiro atoms. The van der Waals surface area contributed by atoms with E-state index in [1.807, 2.05) is 0 Å². The zero-order valence-electron chi connectivity index (χ0n) is 14.9. The highest BCUT2D eigenvalue weighted by molar-refractivity contribution is 6.13. The molecular weight excluding hydrogens is 328 g/mol. The topological polar surface area (TPSA) is 93.2 Å². The Morgan fingerprint density at radius 1 is 0.880 bits per heavy atom. The number of carbonyl (C=O) groups is 4. The fourth-order valence-electron chi connectivity index (χ4n) is 2.32. The molecule has 1 rings (SSSR count). The predicted molar refractivity (Wildman–Crippen MR) is 89.2 cm³/mol. The Morgan fingerprint density at radius 3 is 1.72 bits per heavy atom. The first kappa shape index (κ1) is 21.0. The maximum absolute atomic E-state index is 12.4. The molecule has 140 valence electrons. The van der Waals surface area contributed by atoms with E-state index in [9.17, 15) is 19.2 Å². The molecule has 0 fully saturated rings. The van der Waals surface area contributed by atoms with Crippen molar-refractivity contribution in [3.8, 4) is 0 Å². The Balaban J connectivity index is 2.65. The molecule has 0 atom stereocenters. The summed E-state index contributed by atoms with van der Waals surface area (Å²) in [4.78, 5) is 50.1. The zero-order chi connectivity index (χ0) is 18.7. The fraction of sp³-hybridized carbons (Fsp3) is 0.647. The van der Waals surface area contributed by atoms with Crippen LogP contribution in [-0.4, -0.2) is 67.5 Å². The number of unbranched alkanes of at least 4 members (excludes halogenated alkanes) is 2. The summed E-state index contributed by atoms with van der Waals surface area (Å²) in [5.41, 5.74) is 0. The number of carbonyl (C=O) groups excluding carboxylic acids is 4. The summed E-state index contributed by atoms with van der Waals surface area (Å²) in [5, 5.41) is 0. The average molecular weight is 354 g/mol. The molecule has 0 aromatic heterocycles. The van der Waals surface area contributed by atoms with Crippen LogP contribution in [-0.2, 0) is 28.7 Å². The number of hydrogen-bond donors (Lipinski definition) is 0. The van der Waals surface area contributed by atoms with Gasteiger partial charge in [0, 0.05) is 52.4 Å². The lowest BCUT2D eigenvalue weighted by atomic mass is 10.2. The first-order valence-electron chi connectivity index (χ1n) is 8.36. The van der Waals surface area contributed by atoms with Gasteiger partial charge in [-0.3, -0.25) is 29.0 Å². The van der Waals surface area contributed by atoms with Gasteiger partial charge in [-0.05, 0) is 25.7 Å². The summed E-state index contributed by atoms with van der Waals surface area (Å²) in [6, 6.07) is 0. The van der Waals surface area contributed by atoms with Crippen molar-refractivity contribution in [2.75, 3.05) is 34.1 Å². The minimum Gasteiger partial charge on any atom is -0.385 e. The molecule has 0 aromatic rings. The van der Waals surface area contributed by atoms with E-state index in [1.54, 1.807) is 14.2 Å². The lowest BCUT2D eigenvalue weighted by Crippen LogP contribution is -2.47. The maximum Gasteiger partial charge on any atom is 0.255 e. The van der Waals surface area contributed by atoms with Crippen LogP contribution in [0.4, 0.5) is 0 Å². The van der Waals surface area contributed by atoms with Crippen molar-refractivity contribution in [3.05, 3.63) is 12.2 Å². The van der Waals surface area contributed by atoms with E-state index >= 15 is 0 Å². The third-order valence-corrected chi connectivity index (χ3v) is 3.76. The molecule has 8 nitrogen and oxygen atoms in total. The number of amides is 4. The molecule has 0 N–H and O–H groups in total. The second-order valence-electron chi connectivity index (χ2n) is 5.69. The van der Waals surface area contributed by atoms with Gasteiger partial charge >= 0.3 is 0 Å². The summed E-state index contributed by atoms with van der Waals surface area (Å²) in [6.07, 6.45) is 5.12. The maximum atomic E-state index is 12.4. The minimum atomic E-state index is -0.519. The number of rotatable bonds is 12. The lowest BCUT2D eigenvalue weighted by molar-refractivity contribution is -0.151. The van der Waals surface area contributed by atoms with Crippen LogP contribution >= 0.6 is 0 Å². The third-order valence-electron chi connectivity index (χ3n) is 3.76. The van der Waals surface area contributed by atoms with E-state index in [0.717, 1.165) is 22.0 Å². The predicted octanol–water partition coefficient (Wildman–Crippen LogP) is 0.857. The van der Waals surface area contributed by atoms with Crippen molar-refractivity contribution in [1.29, 1.82) is 0 Å². The van der Waals surface area contributed by atoms with E-state index in [1.165, 1.54) is 0 Å². The Morgan fingerprint density at radius 2 is 1.32 bits per heavy atom. The Kier molecular flexibility index (Phi) is 9.64. The van der Waals surface area contributed by atoms with Crippen LogP contribution in [0.15, 0.2) is 12.2 Å². The first-order chi connectivity index (χ1) is 12.0. The standard InChI is InChI=1S/C17H26N2O6/c1-24-11-5-3-7-14(20)18(15(21)8-4-6-12-25-2)13-19-16(22)9-10-17(19)23/h9-10H,3-8,11-13H2,1-2H3. The van der Waals surface area contributed by atoms with Gasteiger partial charge in [0.15, 0.2) is 0 Å². The molecule has 0 saturated heterocycles. The Labute approximate surface area is 147 Å². The number of hydrogen-bond acceptors (Lipinski definition) is 6. The highest BCUT2D eigenvalue weighted by Crippen LogP contribution is 2.11. The van der Waals surface area contributed by atoms with Crippen molar-refractivity contribution in [2.24, 2.45) is 0 Å². The number of nitrogens with zero attached hydrogens (tertiary/aromatic N) is 2. The van der Waals surface area contributed by atoms with Crippen LogP contribution in [0, 0.1) is 0 Å². The Hall–Kier alpha value is -2.06. The smallest absolute Gasteiger partial charge is 0.255 e. The van der Waals surface area contributed by atoms with Crippen LogP contribution in [0.5, 0.6) is 0 Å². The van der Waals surface area contributed by atoms with Crippen molar-refractivity contribution in [2.45, 2.75) is 38.5 Å². The van der Waals surface area contributed by atoms with E-state index < -0.39 is 11.8 Å². The quantitative estimate of drug-likeness (QED) is 0.381. The molecule has 8 heteroatoms. The summed E-state index contributed by atoms with van der Waals surface area (Å²) in [7, 11) is 3.16. The third kappa shape index (κ3) is 7.15. The van der Waals surface area contributed by atoms with E-state index in [0.29, 0.717) is 38.9 Å². The Bertz CT molecular complexity index is 475. The molecule has 0 aliphatic carbocycles. The second-order valence-corrected chi connectivity index (χ2v) is 5.69. The van der Waals surface area contributed by atoms with Gasteiger partial charge in [-0.1, -0.05) is 0 Å². The van der Waals surface area contributed by atoms with Crippen molar-refractivity contribution < 1.29 is 28.7 Å². The van der Waals surface area contributed by atoms with Crippen molar-refractivity contribution in [3.63, 3.8) is 0 Å². The van der Waals surface area contributed by atoms with Crippen molar-refractivity contribution in [1.82, 2.24) is 9.80 Å². The fourth-order valence-corrected chi connectivity index (χ4v) is 2.32. The first-order valence-corrected chi connectivity index (χ1v) is 8.36. The summed E-state index contributed by atoms with van der Waals surface area (Å²) in [6.45, 7) is 0.730. The molecule has 0 bridgehead atoms. The normalized spacial score (nSPS) is 13.6. The van der Waals surface area contributed by atoms with Gasteiger partial charge in [0.25, 0.3) is 11.8 Å². The van der Waals surface area contributed by atoms with E-state index in [4.69, 9.17) is 9.47 Å². The largest absolute Gasteiger partial charge is 0.385 e. The van der Waals surface area contributed by atoms with Crippen LogP contribution in [0.2, 0.25) is 0 Å². The van der Waals surface area contributed by atoms with Crippen LogP contribution in [0.1, 0.15) is 38.5 Å². The zero-order valence-corrected chi connectivity index (χ0v) is 14.9. The van der Waals surface area contributed by atoms with E-state index in [-0.39, 0.29) is 31.3 Å². The van der Waals surface area contributed by atoms with Crippen LogP contribution in [0.25, 0.3) is 0 Å². The van der Waals surface area contributed by atoms with E-state index in [2.05, 4.69) is 0 Å². The molecule has 1 aliphatic heterocycles. The molecule has 1 aliphatic rings. The van der Waals surface area contributed by atoms with Gasteiger partial charge < -0.3 is 9.47 Å². The summed E-state index contributed by atoms with van der Waals surface area (Å²) in [5.74, 6) is -1.82. The highest BCUT2D eigenvalue weighted by Gasteiger charge is 2.30. The van der Waals surface area contributed by atoms with Gasteiger partial charge in [-0.15, -0.1) is 0 Å². The van der Waals surface area contributed by atoms with Gasteiger partial charge in [0.05, 0.1) is 0 Å². The SMILES string of the molecule is COCCCCC(=O)N(CN1C(=O)C=CC1=O)C(=O)CCCCOC. The summed E-state index contributed by atoms with van der Waals surface area (Å²) >= 11 is 0. The average Bonchev–Trinajstić information content (AvgIpc) is 2.91. The van der Waals surface area contributed by atoms with Crippen LogP contribution < -0.4 is 0 Å². The van der Waals surface area contributed by atoms with Gasteiger partial charge in [-0.2, -0.15) is 0 Å². The van der Waals surface area contributed by atoms with Crippen molar-refractivity contribution >= 4 is 23.6 Å².